The molecule has 0 spiro atoms. The van der Waals surface area contributed by atoms with E-state index in [9.17, 15) is 0 Å². The molecule has 3 nitrogen and oxygen atoms in total. The minimum absolute atomic E-state index is 0.0158. The van der Waals surface area contributed by atoms with Crippen LogP contribution in [-0.4, -0.2) is 16.3 Å². The first-order valence-electron chi connectivity index (χ1n) is 22.2. The van der Waals surface area contributed by atoms with Gasteiger partial charge >= 0.3 is 0 Å². The van der Waals surface area contributed by atoms with E-state index in [1.165, 1.54) is 94.3 Å². The molecule has 0 N–H and O–H groups in total. The van der Waals surface area contributed by atoms with E-state index in [-0.39, 0.29) is 28.4 Å². The molecule has 10 rings (SSSR count). The average Bonchev–Trinajstić information content (AvgIpc) is 3.55. The summed E-state index contributed by atoms with van der Waals surface area (Å²) in [6.07, 6.45) is 1.87. The highest BCUT2D eigenvalue weighted by Crippen LogP contribution is 2.46. The van der Waals surface area contributed by atoms with Gasteiger partial charge in [-0.2, -0.15) is 0 Å². The van der Waals surface area contributed by atoms with Crippen LogP contribution in [-0.2, 0) is 21.7 Å². The minimum atomic E-state index is -0.0409. The molecule has 0 amide bonds. The van der Waals surface area contributed by atoms with Crippen LogP contribution < -0.4 is 21.3 Å². The molecular weight excluding hydrogens is 737 g/mol. The Morgan fingerprint density at radius 2 is 1.02 bits per heavy atom. The van der Waals surface area contributed by atoms with E-state index in [4.69, 9.17) is 0 Å². The molecule has 4 heteroatoms. The Balaban J connectivity index is 1.34. The molecule has 0 atom stereocenters. The summed E-state index contributed by atoms with van der Waals surface area (Å²) in [6, 6.07) is 49.0. The lowest BCUT2D eigenvalue weighted by atomic mass is 9.33. The van der Waals surface area contributed by atoms with E-state index in [2.05, 4.69) is 219 Å². The van der Waals surface area contributed by atoms with E-state index >= 15 is 0 Å². The summed E-state index contributed by atoms with van der Waals surface area (Å²) >= 11 is 0. The highest BCUT2D eigenvalue weighted by atomic mass is 15.2. The van der Waals surface area contributed by atoms with Crippen molar-refractivity contribution >= 4 is 62.0 Å². The van der Waals surface area contributed by atoms with Crippen LogP contribution in [0.15, 0.2) is 134 Å². The Labute approximate surface area is 363 Å². The molecule has 0 unspecified atom stereocenters. The fraction of sp³-hybridized carbons (Fsp3) is 0.281. The molecule has 0 saturated carbocycles. The maximum absolute atomic E-state index is 4.66. The molecule has 0 radical (unpaired) electrons. The van der Waals surface area contributed by atoms with Crippen LogP contribution in [0.5, 0.6) is 0 Å². The van der Waals surface area contributed by atoms with Crippen molar-refractivity contribution < 1.29 is 0 Å². The average molecular weight is 796 g/mol. The summed E-state index contributed by atoms with van der Waals surface area (Å²) in [6.45, 7) is 28.0. The van der Waals surface area contributed by atoms with Crippen molar-refractivity contribution in [2.45, 2.75) is 105 Å². The maximum atomic E-state index is 4.66. The molecule has 304 valence electrons. The van der Waals surface area contributed by atoms with Gasteiger partial charge in [0, 0.05) is 50.8 Å². The van der Waals surface area contributed by atoms with Gasteiger partial charge in [-0.3, -0.25) is 4.98 Å². The van der Waals surface area contributed by atoms with Crippen LogP contribution in [0, 0.1) is 0 Å². The highest BCUT2D eigenvalue weighted by Gasteiger charge is 2.43. The molecular formula is C57H58BN3. The van der Waals surface area contributed by atoms with Gasteiger partial charge in [0.15, 0.2) is 0 Å². The molecule has 2 aliphatic heterocycles. The quantitative estimate of drug-likeness (QED) is 0.166. The van der Waals surface area contributed by atoms with Gasteiger partial charge in [-0.1, -0.05) is 150 Å². The third-order valence-electron chi connectivity index (χ3n) is 13.5. The first kappa shape index (κ1) is 39.3. The van der Waals surface area contributed by atoms with E-state index in [0.717, 1.165) is 11.3 Å². The SMILES string of the molecule is CC(C)(C)c1ccc(N2c3ccc(C(C)(C)C)cc3B3c4c2cc(-c2ccc(-c5ccccn5)cc2)cc4-n2c4ccc(C(C)(C)C)cc4c4cc(C(C)(C)C)cc3c42)cc1. The van der Waals surface area contributed by atoms with Crippen molar-refractivity contribution in [3.63, 3.8) is 0 Å². The van der Waals surface area contributed by atoms with Crippen LogP contribution in [0.25, 0.3) is 49.9 Å². The summed E-state index contributed by atoms with van der Waals surface area (Å²) in [4.78, 5) is 7.22. The van der Waals surface area contributed by atoms with Crippen molar-refractivity contribution in [2.24, 2.45) is 0 Å². The lowest BCUT2D eigenvalue weighted by Gasteiger charge is -2.41. The van der Waals surface area contributed by atoms with Crippen molar-refractivity contribution in [3.05, 3.63) is 156 Å². The topological polar surface area (TPSA) is 21.1 Å². The number of hydrogen-bond acceptors (Lipinski definition) is 2. The third kappa shape index (κ3) is 6.36. The number of hydrogen-bond donors (Lipinski definition) is 0. The lowest BCUT2D eigenvalue weighted by Crippen LogP contribution is -2.60. The third-order valence-corrected chi connectivity index (χ3v) is 13.5. The molecule has 0 saturated heterocycles. The lowest BCUT2D eigenvalue weighted by molar-refractivity contribution is 0.590. The molecule has 0 aliphatic carbocycles. The van der Waals surface area contributed by atoms with Gasteiger partial charge in [0.05, 0.1) is 11.2 Å². The van der Waals surface area contributed by atoms with Crippen LogP contribution in [0.4, 0.5) is 17.1 Å². The molecule has 61 heavy (non-hydrogen) atoms. The summed E-state index contributed by atoms with van der Waals surface area (Å²) in [5.41, 5.74) is 21.5. The summed E-state index contributed by atoms with van der Waals surface area (Å²) in [7, 11) is 0. The number of aromatic nitrogens is 2. The second-order valence-corrected chi connectivity index (χ2v) is 21.8. The van der Waals surface area contributed by atoms with Crippen molar-refractivity contribution in [1.29, 1.82) is 0 Å². The van der Waals surface area contributed by atoms with Gasteiger partial charge in [0.1, 0.15) is 0 Å². The zero-order chi connectivity index (χ0) is 43.0. The number of nitrogens with zero attached hydrogens (tertiary/aromatic N) is 3. The number of benzene rings is 6. The van der Waals surface area contributed by atoms with Gasteiger partial charge < -0.3 is 9.47 Å². The number of anilines is 3. The van der Waals surface area contributed by atoms with E-state index in [1.807, 2.05) is 12.3 Å². The van der Waals surface area contributed by atoms with Gasteiger partial charge in [-0.15, -0.1) is 0 Å². The Bertz CT molecular complexity index is 3030. The standard InChI is InChI=1S/C57H58BN3/c1-54(2,3)38-20-24-42(25-21-38)60-49-27-23-40(56(7,8)9)33-45(49)58-46-34-41(57(10,11)12)32-44-43-31-39(55(4,5)6)22-26-48(43)61(53(44)46)51-30-37(29-50(60)52(51)58)35-16-18-36(19-17-35)47-15-13-14-28-59-47/h13-34H,1-12H3. The molecule has 0 fully saturated rings. The maximum Gasteiger partial charge on any atom is 0.252 e. The van der Waals surface area contributed by atoms with E-state index in [0.29, 0.717) is 0 Å². The van der Waals surface area contributed by atoms with Crippen LogP contribution >= 0.6 is 0 Å². The Morgan fingerprint density at radius 1 is 0.443 bits per heavy atom. The first-order chi connectivity index (χ1) is 28.8. The Morgan fingerprint density at radius 3 is 1.66 bits per heavy atom. The molecule has 2 aliphatic rings. The zero-order valence-corrected chi connectivity index (χ0v) is 38.1. The molecule has 0 bridgehead atoms. The number of rotatable bonds is 3. The van der Waals surface area contributed by atoms with Gasteiger partial charge in [0.25, 0.3) is 6.71 Å². The minimum Gasteiger partial charge on any atom is -0.311 e. The van der Waals surface area contributed by atoms with Crippen molar-refractivity contribution in [2.75, 3.05) is 4.90 Å². The summed E-state index contributed by atoms with van der Waals surface area (Å²) in [5.74, 6) is 0. The largest absolute Gasteiger partial charge is 0.311 e. The second kappa shape index (κ2) is 13.3. The summed E-state index contributed by atoms with van der Waals surface area (Å²) in [5, 5.41) is 2.67. The van der Waals surface area contributed by atoms with E-state index in [1.54, 1.807) is 0 Å². The zero-order valence-electron chi connectivity index (χ0n) is 38.1. The summed E-state index contributed by atoms with van der Waals surface area (Å²) < 4.78 is 2.62. The van der Waals surface area contributed by atoms with Crippen LogP contribution in [0.2, 0.25) is 0 Å². The second-order valence-electron chi connectivity index (χ2n) is 21.8. The molecule has 8 aromatic rings. The van der Waals surface area contributed by atoms with Crippen LogP contribution in [0.3, 0.4) is 0 Å². The predicted octanol–water partition coefficient (Wildman–Crippen LogP) is 13.3. The fourth-order valence-corrected chi connectivity index (χ4v) is 9.82. The monoisotopic (exact) mass is 795 g/mol. The molecule has 2 aromatic heterocycles. The highest BCUT2D eigenvalue weighted by molar-refractivity contribution is 7.00. The predicted molar refractivity (Wildman–Crippen MR) is 264 cm³/mol. The van der Waals surface area contributed by atoms with Gasteiger partial charge in [0.2, 0.25) is 0 Å². The first-order valence-corrected chi connectivity index (χ1v) is 22.2. The Hall–Kier alpha value is -5.87. The Kier molecular flexibility index (Phi) is 8.58. The van der Waals surface area contributed by atoms with Gasteiger partial charge in [-0.25, -0.2) is 0 Å². The number of pyridine rings is 1. The molecule has 6 aromatic carbocycles. The fourth-order valence-electron chi connectivity index (χ4n) is 9.82. The van der Waals surface area contributed by atoms with Crippen molar-refractivity contribution in [1.82, 2.24) is 9.55 Å². The normalized spacial score (nSPS) is 13.8. The molecule has 4 heterocycles. The van der Waals surface area contributed by atoms with Gasteiger partial charge in [-0.05, 0) is 132 Å². The van der Waals surface area contributed by atoms with Crippen LogP contribution in [0.1, 0.15) is 105 Å². The smallest absolute Gasteiger partial charge is 0.252 e. The number of fused-ring (bicyclic) bond motifs is 7. The van der Waals surface area contributed by atoms with E-state index < -0.39 is 0 Å². The van der Waals surface area contributed by atoms with Crippen molar-refractivity contribution in [3.8, 4) is 28.1 Å².